The van der Waals surface area contributed by atoms with E-state index >= 15 is 0 Å². The van der Waals surface area contributed by atoms with Crippen molar-refractivity contribution in [3.05, 3.63) is 0 Å². The number of nitrogens with one attached hydrogen (secondary N) is 1. The molecule has 1 saturated heterocycles. The van der Waals surface area contributed by atoms with Gasteiger partial charge in [-0.1, -0.05) is 0 Å². The molecule has 1 aliphatic carbocycles. The van der Waals surface area contributed by atoms with Crippen LogP contribution in [0.2, 0.25) is 0 Å². The molecule has 5 heteroatoms. The molecule has 0 radical (unpaired) electrons. The summed E-state index contributed by atoms with van der Waals surface area (Å²) in [5.41, 5.74) is 0.117. The summed E-state index contributed by atoms with van der Waals surface area (Å²) in [6.07, 6.45) is 4.60. The van der Waals surface area contributed by atoms with Crippen LogP contribution in [0, 0.1) is 5.92 Å². The molecule has 2 aliphatic rings. The van der Waals surface area contributed by atoms with Crippen LogP contribution in [-0.4, -0.2) is 61.4 Å². The van der Waals surface area contributed by atoms with E-state index in [2.05, 4.69) is 37.9 Å². The zero-order valence-electron chi connectivity index (χ0n) is 15.4. The molecule has 0 bridgehead atoms. The maximum Gasteiger partial charge on any atom is 0.308 e. The first-order chi connectivity index (χ1) is 10.8. The van der Waals surface area contributed by atoms with Crippen LogP contribution >= 0.6 is 0 Å². The summed E-state index contributed by atoms with van der Waals surface area (Å²) in [7, 11) is 1.49. The third kappa shape index (κ3) is 5.16. The van der Waals surface area contributed by atoms with Crippen LogP contribution in [0.4, 0.5) is 0 Å². The van der Waals surface area contributed by atoms with E-state index in [1.165, 1.54) is 7.11 Å². The molecule has 2 rings (SSSR count). The number of methoxy groups -OCH3 is 1. The first-order valence-electron chi connectivity index (χ1n) is 9.03. The summed E-state index contributed by atoms with van der Waals surface area (Å²) in [4.78, 5) is 14.1. The molecule has 5 nitrogen and oxygen atoms in total. The van der Waals surface area contributed by atoms with Gasteiger partial charge in [-0.2, -0.15) is 0 Å². The number of carbonyl (C=O) groups is 1. The van der Waals surface area contributed by atoms with Crippen molar-refractivity contribution in [2.24, 2.45) is 5.92 Å². The van der Waals surface area contributed by atoms with Gasteiger partial charge >= 0.3 is 5.97 Å². The number of ether oxygens (including phenoxy) is 2. The Hall–Kier alpha value is -0.650. The van der Waals surface area contributed by atoms with Gasteiger partial charge in [-0.25, -0.2) is 0 Å². The zero-order valence-corrected chi connectivity index (χ0v) is 15.4. The second-order valence-electron chi connectivity index (χ2n) is 7.93. The van der Waals surface area contributed by atoms with Crippen LogP contribution in [0.3, 0.4) is 0 Å². The second kappa shape index (κ2) is 7.95. The summed E-state index contributed by atoms with van der Waals surface area (Å²) >= 11 is 0. The van der Waals surface area contributed by atoms with Crippen molar-refractivity contribution in [1.82, 2.24) is 10.2 Å². The van der Waals surface area contributed by atoms with E-state index in [4.69, 9.17) is 9.47 Å². The number of rotatable bonds is 5. The van der Waals surface area contributed by atoms with Crippen molar-refractivity contribution >= 4 is 5.97 Å². The van der Waals surface area contributed by atoms with Gasteiger partial charge < -0.3 is 14.8 Å². The van der Waals surface area contributed by atoms with E-state index in [-0.39, 0.29) is 17.4 Å². The number of hydrogen-bond donors (Lipinski definition) is 1. The smallest absolute Gasteiger partial charge is 0.308 e. The van der Waals surface area contributed by atoms with E-state index in [0.29, 0.717) is 18.2 Å². The van der Waals surface area contributed by atoms with E-state index in [1.807, 2.05) is 0 Å². The second-order valence-corrected chi connectivity index (χ2v) is 7.93. The molecule has 1 saturated carbocycles. The lowest BCUT2D eigenvalue weighted by molar-refractivity contribution is -0.146. The first-order valence-corrected chi connectivity index (χ1v) is 9.03. The first kappa shape index (κ1) is 18.7. The van der Waals surface area contributed by atoms with Crippen molar-refractivity contribution in [1.29, 1.82) is 0 Å². The van der Waals surface area contributed by atoms with Gasteiger partial charge in [0.15, 0.2) is 0 Å². The Balaban J connectivity index is 1.77. The predicted molar refractivity (Wildman–Crippen MR) is 91.4 cm³/mol. The molecule has 0 amide bonds. The fourth-order valence-corrected chi connectivity index (χ4v) is 3.88. The van der Waals surface area contributed by atoms with Gasteiger partial charge in [0.1, 0.15) is 0 Å². The third-order valence-electron chi connectivity index (χ3n) is 5.36. The average Bonchev–Trinajstić information content (AvgIpc) is 2.52. The number of esters is 1. The Morgan fingerprint density at radius 3 is 2.26 bits per heavy atom. The Bertz CT molecular complexity index is 382. The number of nitrogens with zero attached hydrogens (tertiary/aromatic N) is 1. The molecule has 2 fully saturated rings. The third-order valence-corrected chi connectivity index (χ3v) is 5.36. The zero-order chi connectivity index (χ0) is 17.0. The Kier molecular flexibility index (Phi) is 6.46. The van der Waals surface area contributed by atoms with Crippen LogP contribution in [0.25, 0.3) is 0 Å². The SMILES string of the molecule is COC(=O)C1CCC(NCC(C)(C)N2CC(C)OC(C)C2)CC1. The molecule has 0 spiro atoms. The minimum atomic E-state index is -0.0416. The van der Waals surface area contributed by atoms with Gasteiger partial charge in [-0.3, -0.25) is 9.69 Å². The maximum absolute atomic E-state index is 11.6. The van der Waals surface area contributed by atoms with Crippen molar-refractivity contribution < 1.29 is 14.3 Å². The fraction of sp³-hybridized carbons (Fsp3) is 0.944. The number of morpholine rings is 1. The van der Waals surface area contributed by atoms with Crippen LogP contribution < -0.4 is 5.32 Å². The molecule has 0 aromatic rings. The van der Waals surface area contributed by atoms with Crippen LogP contribution in [-0.2, 0) is 14.3 Å². The molecule has 0 aromatic carbocycles. The summed E-state index contributed by atoms with van der Waals surface area (Å²) in [6.45, 7) is 11.9. The van der Waals surface area contributed by atoms with Crippen LogP contribution in [0.1, 0.15) is 53.4 Å². The molecular formula is C18H34N2O3. The lowest BCUT2D eigenvalue weighted by Crippen LogP contribution is -2.59. The summed E-state index contributed by atoms with van der Waals surface area (Å²) in [5, 5.41) is 3.73. The van der Waals surface area contributed by atoms with Gasteiger partial charge in [0.25, 0.3) is 0 Å². The van der Waals surface area contributed by atoms with Gasteiger partial charge in [-0.15, -0.1) is 0 Å². The van der Waals surface area contributed by atoms with Crippen molar-refractivity contribution in [3.63, 3.8) is 0 Å². The molecule has 2 unspecified atom stereocenters. The summed E-state index contributed by atoms with van der Waals surface area (Å²) < 4.78 is 10.7. The van der Waals surface area contributed by atoms with Crippen molar-refractivity contribution in [2.45, 2.75) is 77.2 Å². The Labute approximate surface area is 141 Å². The molecule has 23 heavy (non-hydrogen) atoms. The topological polar surface area (TPSA) is 50.8 Å². The fourth-order valence-electron chi connectivity index (χ4n) is 3.88. The lowest BCUT2D eigenvalue weighted by atomic mass is 9.85. The maximum atomic E-state index is 11.6. The molecule has 134 valence electrons. The van der Waals surface area contributed by atoms with Gasteiger partial charge in [-0.05, 0) is 53.4 Å². The van der Waals surface area contributed by atoms with Crippen LogP contribution in [0.15, 0.2) is 0 Å². The quantitative estimate of drug-likeness (QED) is 0.785. The largest absolute Gasteiger partial charge is 0.469 e. The lowest BCUT2D eigenvalue weighted by Gasteiger charge is -2.46. The van der Waals surface area contributed by atoms with Gasteiger partial charge in [0.05, 0.1) is 25.2 Å². The van der Waals surface area contributed by atoms with Gasteiger partial charge in [0.2, 0.25) is 0 Å². The highest BCUT2D eigenvalue weighted by atomic mass is 16.5. The van der Waals surface area contributed by atoms with E-state index in [9.17, 15) is 4.79 Å². The van der Waals surface area contributed by atoms with Crippen LogP contribution in [0.5, 0.6) is 0 Å². The highest BCUT2D eigenvalue weighted by Gasteiger charge is 2.34. The molecular weight excluding hydrogens is 292 g/mol. The average molecular weight is 326 g/mol. The summed E-state index contributed by atoms with van der Waals surface area (Å²) in [6, 6.07) is 0.520. The van der Waals surface area contributed by atoms with Crippen molar-refractivity contribution in [2.75, 3.05) is 26.7 Å². The Morgan fingerprint density at radius 1 is 1.17 bits per heavy atom. The minimum Gasteiger partial charge on any atom is -0.469 e. The monoisotopic (exact) mass is 326 g/mol. The Morgan fingerprint density at radius 2 is 1.74 bits per heavy atom. The van der Waals surface area contributed by atoms with E-state index in [0.717, 1.165) is 45.3 Å². The number of hydrogen-bond acceptors (Lipinski definition) is 5. The molecule has 1 N–H and O–H groups in total. The highest BCUT2D eigenvalue weighted by Crippen LogP contribution is 2.26. The van der Waals surface area contributed by atoms with Gasteiger partial charge in [0, 0.05) is 31.2 Å². The molecule has 1 aliphatic heterocycles. The molecule has 1 heterocycles. The highest BCUT2D eigenvalue weighted by molar-refractivity contribution is 5.72. The number of carbonyl (C=O) groups excluding carboxylic acids is 1. The predicted octanol–water partition coefficient (Wildman–Crippen LogP) is 2.20. The summed E-state index contributed by atoms with van der Waals surface area (Å²) in [5.74, 6) is 0.0621. The van der Waals surface area contributed by atoms with Crippen molar-refractivity contribution in [3.8, 4) is 0 Å². The van der Waals surface area contributed by atoms with E-state index < -0.39 is 0 Å². The molecule has 2 atom stereocenters. The van der Waals surface area contributed by atoms with E-state index in [1.54, 1.807) is 0 Å². The molecule has 0 aromatic heterocycles. The standard InChI is InChI=1S/C18H34N2O3/c1-13-10-20(11-14(2)23-13)18(3,4)12-19-16-8-6-15(7-9-16)17(21)22-5/h13-16,19H,6-12H2,1-5H3. The minimum absolute atomic E-state index is 0.0416. The normalized spacial score (nSPS) is 33.4.